The van der Waals surface area contributed by atoms with Crippen molar-refractivity contribution in [1.29, 1.82) is 0 Å². The molecule has 0 saturated carbocycles. The van der Waals surface area contributed by atoms with Gasteiger partial charge in [0.05, 0.1) is 10.6 Å². The van der Waals surface area contributed by atoms with Gasteiger partial charge in [-0.25, -0.2) is 4.79 Å². The zero-order valence-electron chi connectivity index (χ0n) is 15.6. The third-order valence-corrected chi connectivity index (χ3v) is 5.04. The molecule has 0 aliphatic heterocycles. The summed E-state index contributed by atoms with van der Waals surface area (Å²) in [6.45, 7) is 0.689. The van der Waals surface area contributed by atoms with Crippen LogP contribution in [0, 0.1) is 10.1 Å². The van der Waals surface area contributed by atoms with E-state index in [2.05, 4.69) is 26.6 Å². The van der Waals surface area contributed by atoms with Crippen molar-refractivity contribution in [2.45, 2.75) is 6.54 Å². The summed E-state index contributed by atoms with van der Waals surface area (Å²) in [5.74, 6) is 0. The predicted molar refractivity (Wildman–Crippen MR) is 120 cm³/mol. The minimum Gasteiger partial charge on any atom is -0.423 e. The molecule has 0 bridgehead atoms. The molecule has 1 heterocycles. The summed E-state index contributed by atoms with van der Waals surface area (Å²) in [6.07, 6.45) is 0. The molecule has 0 fully saturated rings. The first-order chi connectivity index (χ1) is 14.5. The van der Waals surface area contributed by atoms with Gasteiger partial charge in [-0.15, -0.1) is 0 Å². The fourth-order valence-electron chi connectivity index (χ4n) is 3.00. The highest BCUT2D eigenvalue weighted by atomic mass is 79.9. The van der Waals surface area contributed by atoms with E-state index in [9.17, 15) is 14.9 Å². The maximum Gasteiger partial charge on any atom is 0.338 e. The van der Waals surface area contributed by atoms with Crippen LogP contribution in [0.1, 0.15) is 5.56 Å². The Bertz CT molecular complexity index is 1270. The minimum atomic E-state index is -0.536. The zero-order chi connectivity index (χ0) is 21.1. The Morgan fingerprint density at radius 2 is 1.63 bits per heavy atom. The smallest absolute Gasteiger partial charge is 0.338 e. The molecule has 0 atom stereocenters. The highest BCUT2D eigenvalue weighted by Crippen LogP contribution is 2.29. The molecule has 0 saturated heterocycles. The number of anilines is 3. The summed E-state index contributed by atoms with van der Waals surface area (Å²) in [5, 5.41) is 18.0. The maximum atomic E-state index is 11.9. The highest BCUT2D eigenvalue weighted by molar-refractivity contribution is 9.10. The van der Waals surface area contributed by atoms with Gasteiger partial charge in [0, 0.05) is 46.0 Å². The lowest BCUT2D eigenvalue weighted by Gasteiger charge is -2.11. The second kappa shape index (κ2) is 8.38. The number of halogens is 1. The zero-order valence-corrected chi connectivity index (χ0v) is 17.2. The van der Waals surface area contributed by atoms with Crippen molar-refractivity contribution < 1.29 is 9.34 Å². The van der Waals surface area contributed by atoms with Crippen LogP contribution >= 0.6 is 15.9 Å². The van der Waals surface area contributed by atoms with Crippen LogP contribution in [0.25, 0.3) is 11.0 Å². The SMILES string of the molecule is O=c1cc(Nc2ccc(NCc3ccc(Br)cc3)cc2)c2cc([N+](=O)[O-])ccc2o1. The number of hydrogen-bond donors (Lipinski definition) is 2. The number of nitrogens with zero attached hydrogens (tertiary/aromatic N) is 1. The van der Waals surface area contributed by atoms with Gasteiger partial charge in [-0.2, -0.15) is 0 Å². The molecule has 2 N–H and O–H groups in total. The van der Waals surface area contributed by atoms with Crippen LogP contribution in [-0.2, 0) is 6.54 Å². The van der Waals surface area contributed by atoms with Crippen molar-refractivity contribution in [2.24, 2.45) is 0 Å². The summed E-state index contributed by atoms with van der Waals surface area (Å²) >= 11 is 3.42. The molecule has 1 aromatic heterocycles. The van der Waals surface area contributed by atoms with Gasteiger partial charge in [-0.05, 0) is 48.0 Å². The number of fused-ring (bicyclic) bond motifs is 1. The number of nitrogens with one attached hydrogen (secondary N) is 2. The van der Waals surface area contributed by atoms with Crippen LogP contribution in [0.4, 0.5) is 22.7 Å². The van der Waals surface area contributed by atoms with Crippen molar-refractivity contribution in [1.82, 2.24) is 0 Å². The van der Waals surface area contributed by atoms with Gasteiger partial charge in [0.1, 0.15) is 5.58 Å². The van der Waals surface area contributed by atoms with Crippen LogP contribution < -0.4 is 16.3 Å². The van der Waals surface area contributed by atoms with Crippen molar-refractivity contribution in [3.63, 3.8) is 0 Å². The van der Waals surface area contributed by atoms with E-state index in [0.717, 1.165) is 21.4 Å². The van der Waals surface area contributed by atoms with Crippen molar-refractivity contribution in [3.8, 4) is 0 Å². The van der Waals surface area contributed by atoms with Crippen LogP contribution in [0.3, 0.4) is 0 Å². The van der Waals surface area contributed by atoms with E-state index in [1.165, 1.54) is 24.3 Å². The lowest BCUT2D eigenvalue weighted by atomic mass is 10.1. The van der Waals surface area contributed by atoms with Gasteiger partial charge < -0.3 is 15.1 Å². The molecule has 4 aromatic rings. The van der Waals surface area contributed by atoms with Gasteiger partial charge in [-0.1, -0.05) is 28.1 Å². The van der Waals surface area contributed by atoms with Gasteiger partial charge in [0.15, 0.2) is 0 Å². The van der Waals surface area contributed by atoms with Gasteiger partial charge in [0.25, 0.3) is 5.69 Å². The van der Waals surface area contributed by atoms with Crippen molar-refractivity contribution in [2.75, 3.05) is 10.6 Å². The first kappa shape index (κ1) is 19.7. The van der Waals surface area contributed by atoms with E-state index < -0.39 is 10.5 Å². The van der Waals surface area contributed by atoms with E-state index in [4.69, 9.17) is 4.42 Å². The molecule has 0 spiro atoms. The first-order valence-corrected chi connectivity index (χ1v) is 9.85. The summed E-state index contributed by atoms with van der Waals surface area (Å²) in [5.41, 5.74) is 2.95. The summed E-state index contributed by atoms with van der Waals surface area (Å²) in [4.78, 5) is 22.5. The standard InChI is InChI=1S/C22H16BrN3O4/c23-15-3-1-14(2-4-15)13-24-16-5-7-17(8-6-16)25-20-12-22(27)30-21-10-9-18(26(28)29)11-19(20)21/h1-12,24-25H,13H2. The summed E-state index contributed by atoms with van der Waals surface area (Å²) in [6, 6.07) is 21.0. The lowest BCUT2D eigenvalue weighted by molar-refractivity contribution is -0.384. The van der Waals surface area contributed by atoms with Crippen LogP contribution in [0.15, 0.2) is 86.5 Å². The van der Waals surface area contributed by atoms with Crippen molar-refractivity contribution >= 4 is 49.6 Å². The van der Waals surface area contributed by atoms with E-state index in [1.807, 2.05) is 48.5 Å². The largest absolute Gasteiger partial charge is 0.423 e. The van der Waals surface area contributed by atoms with E-state index >= 15 is 0 Å². The second-order valence-electron chi connectivity index (χ2n) is 6.60. The molecule has 3 aromatic carbocycles. The minimum absolute atomic E-state index is 0.0770. The highest BCUT2D eigenvalue weighted by Gasteiger charge is 2.12. The molecule has 4 rings (SSSR count). The fraction of sp³-hybridized carbons (Fsp3) is 0.0455. The molecule has 8 heteroatoms. The summed E-state index contributed by atoms with van der Waals surface area (Å²) in [7, 11) is 0. The summed E-state index contributed by atoms with van der Waals surface area (Å²) < 4.78 is 6.18. The third-order valence-electron chi connectivity index (χ3n) is 4.51. The molecular weight excluding hydrogens is 450 g/mol. The number of hydrogen-bond acceptors (Lipinski definition) is 6. The second-order valence-corrected chi connectivity index (χ2v) is 7.51. The topological polar surface area (TPSA) is 97.4 Å². The molecule has 0 aliphatic rings. The molecule has 0 aliphatic carbocycles. The lowest BCUT2D eigenvalue weighted by Crippen LogP contribution is -2.02. The normalized spacial score (nSPS) is 10.7. The van der Waals surface area contributed by atoms with E-state index in [-0.39, 0.29) is 11.3 Å². The number of rotatable bonds is 6. The quantitative estimate of drug-likeness (QED) is 0.211. The number of non-ortho nitro benzene ring substituents is 1. The fourth-order valence-corrected chi connectivity index (χ4v) is 3.27. The molecule has 7 nitrogen and oxygen atoms in total. The number of nitro benzene ring substituents is 1. The van der Waals surface area contributed by atoms with Gasteiger partial charge in [-0.3, -0.25) is 10.1 Å². The van der Waals surface area contributed by atoms with Crippen molar-refractivity contribution in [3.05, 3.63) is 103 Å². The van der Waals surface area contributed by atoms with Crippen LogP contribution in [0.2, 0.25) is 0 Å². The monoisotopic (exact) mass is 465 g/mol. The Balaban J connectivity index is 1.53. The third kappa shape index (κ3) is 4.49. The molecule has 0 radical (unpaired) electrons. The van der Waals surface area contributed by atoms with E-state index in [0.29, 0.717) is 17.6 Å². The average molecular weight is 466 g/mol. The number of nitro groups is 1. The Morgan fingerprint density at radius 1 is 0.933 bits per heavy atom. The Kier molecular flexibility index (Phi) is 5.49. The maximum absolute atomic E-state index is 11.9. The Morgan fingerprint density at radius 3 is 2.33 bits per heavy atom. The molecular formula is C22H16BrN3O4. The van der Waals surface area contributed by atoms with Crippen LogP contribution in [0.5, 0.6) is 0 Å². The molecule has 150 valence electrons. The molecule has 0 unspecified atom stereocenters. The Labute approximate surface area is 179 Å². The predicted octanol–water partition coefficient (Wildman–Crippen LogP) is 5.82. The number of benzene rings is 3. The van der Waals surface area contributed by atoms with Crippen LogP contribution in [-0.4, -0.2) is 4.92 Å². The molecule has 0 amide bonds. The first-order valence-electron chi connectivity index (χ1n) is 9.06. The molecule has 30 heavy (non-hydrogen) atoms. The van der Waals surface area contributed by atoms with Gasteiger partial charge in [0.2, 0.25) is 0 Å². The Hall–Kier alpha value is -3.65. The van der Waals surface area contributed by atoms with Gasteiger partial charge >= 0.3 is 5.63 Å². The van der Waals surface area contributed by atoms with E-state index in [1.54, 1.807) is 0 Å². The average Bonchev–Trinajstić information content (AvgIpc) is 2.74.